The first-order valence-corrected chi connectivity index (χ1v) is 11.9. The third-order valence-electron chi connectivity index (χ3n) is 6.60. The fourth-order valence-electron chi connectivity index (χ4n) is 4.63. The molecule has 0 saturated carbocycles. The number of halogens is 3. The largest absolute Gasteiger partial charge is 0.573 e. The Bertz CT molecular complexity index is 1560. The Morgan fingerprint density at radius 3 is 2.53 bits per heavy atom. The molecule has 0 radical (unpaired) electrons. The summed E-state index contributed by atoms with van der Waals surface area (Å²) in [7, 11) is 2.09. The van der Waals surface area contributed by atoms with Crippen LogP contribution in [0.15, 0.2) is 48.8 Å². The number of hydrogen-bond donors (Lipinski definition) is 2. The fraction of sp³-hybridized carbons (Fsp3) is 0.231. The second-order valence-corrected chi connectivity index (χ2v) is 9.21. The van der Waals surface area contributed by atoms with Gasteiger partial charge < -0.3 is 19.9 Å². The molecule has 194 valence electrons. The zero-order chi connectivity index (χ0) is 26.4. The zero-order valence-corrected chi connectivity index (χ0v) is 20.2. The average molecular weight is 522 g/mol. The Labute approximate surface area is 214 Å². The zero-order valence-electron chi connectivity index (χ0n) is 20.2. The van der Waals surface area contributed by atoms with Crippen LogP contribution in [-0.2, 0) is 4.79 Å². The van der Waals surface area contributed by atoms with Crippen LogP contribution in [0.2, 0.25) is 0 Å². The highest BCUT2D eigenvalue weighted by molar-refractivity contribution is 6.35. The maximum absolute atomic E-state index is 12.7. The van der Waals surface area contributed by atoms with Gasteiger partial charge in [-0.3, -0.25) is 9.89 Å². The maximum atomic E-state index is 12.7. The minimum Gasteiger partial charge on any atom is -0.406 e. The number of amides is 1. The number of ether oxygens (including phenoxy) is 1. The van der Waals surface area contributed by atoms with Gasteiger partial charge in [0.25, 0.3) is 5.91 Å². The van der Waals surface area contributed by atoms with Crippen molar-refractivity contribution in [3.63, 3.8) is 0 Å². The highest BCUT2D eigenvalue weighted by atomic mass is 19.4. The number of carbonyl (C=O) groups excluding carboxylic acids is 1. The van der Waals surface area contributed by atoms with Crippen LogP contribution < -0.4 is 15.0 Å². The Hall–Kier alpha value is -4.45. The Morgan fingerprint density at radius 2 is 1.79 bits per heavy atom. The van der Waals surface area contributed by atoms with Gasteiger partial charge in [0.15, 0.2) is 0 Å². The topological polar surface area (TPSA) is 99.3 Å². The summed E-state index contributed by atoms with van der Waals surface area (Å²) in [6, 6.07) is 9.25. The van der Waals surface area contributed by atoms with Gasteiger partial charge in [0.2, 0.25) is 5.95 Å². The maximum Gasteiger partial charge on any atom is 0.573 e. The van der Waals surface area contributed by atoms with Crippen LogP contribution in [0.1, 0.15) is 11.1 Å². The van der Waals surface area contributed by atoms with Crippen molar-refractivity contribution in [3.8, 4) is 17.0 Å². The summed E-state index contributed by atoms with van der Waals surface area (Å²) in [5, 5.41) is 11.0. The van der Waals surface area contributed by atoms with E-state index >= 15 is 0 Å². The van der Waals surface area contributed by atoms with Crippen LogP contribution in [0.25, 0.3) is 33.8 Å². The summed E-state index contributed by atoms with van der Waals surface area (Å²) in [5.74, 6) is -0.116. The first-order valence-electron chi connectivity index (χ1n) is 11.9. The summed E-state index contributed by atoms with van der Waals surface area (Å²) < 4.78 is 42.0. The molecule has 1 amide bonds. The number of fused-ring (bicyclic) bond motifs is 2. The quantitative estimate of drug-likeness (QED) is 0.389. The Balaban J connectivity index is 1.27. The smallest absolute Gasteiger partial charge is 0.406 e. The molecule has 2 aromatic carbocycles. The summed E-state index contributed by atoms with van der Waals surface area (Å²) in [5.41, 5.74) is 3.85. The number of likely N-dealkylation sites (N-methyl/N-ethyl adjacent to an activating group) is 1. The molecule has 4 aromatic rings. The molecule has 0 unspecified atom stereocenters. The third kappa shape index (κ3) is 4.65. The molecule has 1 saturated heterocycles. The standard InChI is InChI=1S/C26H22F3N7O2/c1-35-6-8-36(9-7-35)25-30-13-16(14-31-25)23-18-4-2-15(11-22(18)33-34-23)10-20-19-12-17(38-26(27,28)29)3-5-21(19)32-24(20)37/h2-5,10-14H,6-9H2,1H3,(H,32,37)(H,33,34)/b20-10-. The van der Waals surface area contributed by atoms with Gasteiger partial charge in [-0.2, -0.15) is 5.10 Å². The third-order valence-corrected chi connectivity index (χ3v) is 6.60. The van der Waals surface area contributed by atoms with Crippen molar-refractivity contribution in [2.24, 2.45) is 0 Å². The van der Waals surface area contributed by atoms with Gasteiger partial charge in [-0.1, -0.05) is 6.07 Å². The van der Waals surface area contributed by atoms with Gasteiger partial charge in [0.1, 0.15) is 11.4 Å². The van der Waals surface area contributed by atoms with Gasteiger partial charge in [-0.25, -0.2) is 9.97 Å². The molecule has 2 N–H and O–H groups in total. The number of alkyl halides is 3. The molecule has 38 heavy (non-hydrogen) atoms. The number of benzene rings is 2. The number of nitrogens with one attached hydrogen (secondary N) is 2. The van der Waals surface area contributed by atoms with Gasteiger partial charge in [-0.05, 0) is 49.0 Å². The fourth-order valence-corrected chi connectivity index (χ4v) is 4.63. The SMILES string of the molecule is CN1CCN(c2ncc(-c3n[nH]c4cc(/C=C5\C(=O)Nc6ccc(OC(F)(F)F)cc65)ccc34)cn2)CC1. The lowest BCUT2D eigenvalue weighted by Crippen LogP contribution is -2.45. The lowest BCUT2D eigenvalue weighted by atomic mass is 10.0. The van der Waals surface area contributed by atoms with E-state index in [1.54, 1.807) is 18.5 Å². The molecule has 1 fully saturated rings. The number of anilines is 2. The van der Waals surface area contributed by atoms with E-state index in [0.717, 1.165) is 48.7 Å². The van der Waals surface area contributed by atoms with E-state index in [9.17, 15) is 18.0 Å². The second kappa shape index (κ2) is 9.14. The van der Waals surface area contributed by atoms with E-state index in [1.807, 2.05) is 18.2 Å². The molecular formula is C26H22F3N7O2. The van der Waals surface area contributed by atoms with Crippen LogP contribution in [0.4, 0.5) is 24.8 Å². The summed E-state index contributed by atoms with van der Waals surface area (Å²) in [6.45, 7) is 3.67. The number of carbonyl (C=O) groups is 1. The van der Waals surface area contributed by atoms with Crippen molar-refractivity contribution in [1.29, 1.82) is 0 Å². The van der Waals surface area contributed by atoms with E-state index < -0.39 is 18.0 Å². The highest BCUT2D eigenvalue weighted by Gasteiger charge is 2.32. The van der Waals surface area contributed by atoms with Crippen molar-refractivity contribution in [2.75, 3.05) is 43.4 Å². The monoisotopic (exact) mass is 521 g/mol. The lowest BCUT2D eigenvalue weighted by Gasteiger charge is -2.32. The van der Waals surface area contributed by atoms with E-state index in [-0.39, 0.29) is 5.57 Å². The Morgan fingerprint density at radius 1 is 1.03 bits per heavy atom. The van der Waals surface area contributed by atoms with Crippen LogP contribution in [0.3, 0.4) is 0 Å². The van der Waals surface area contributed by atoms with Gasteiger partial charge >= 0.3 is 6.36 Å². The summed E-state index contributed by atoms with van der Waals surface area (Å²) in [4.78, 5) is 26.1. The van der Waals surface area contributed by atoms with E-state index in [2.05, 4.69) is 47.1 Å². The first-order chi connectivity index (χ1) is 18.2. The van der Waals surface area contributed by atoms with Crippen LogP contribution in [0, 0.1) is 0 Å². The summed E-state index contributed by atoms with van der Waals surface area (Å²) in [6.07, 6.45) is 0.305. The van der Waals surface area contributed by atoms with Crippen molar-refractivity contribution >= 4 is 40.1 Å². The number of rotatable bonds is 4. The number of nitrogens with zero attached hydrogens (tertiary/aromatic N) is 5. The van der Waals surface area contributed by atoms with Crippen molar-refractivity contribution in [1.82, 2.24) is 25.1 Å². The molecule has 0 bridgehead atoms. The van der Waals surface area contributed by atoms with Crippen molar-refractivity contribution in [2.45, 2.75) is 6.36 Å². The normalized spacial score (nSPS) is 17.2. The molecule has 0 spiro atoms. The molecular weight excluding hydrogens is 499 g/mol. The van der Waals surface area contributed by atoms with Crippen LogP contribution in [-0.4, -0.2) is 70.6 Å². The molecule has 4 heterocycles. The molecule has 6 rings (SSSR count). The second-order valence-electron chi connectivity index (χ2n) is 9.21. The number of aromatic amines is 1. The predicted octanol–water partition coefficient (Wildman–Crippen LogP) is 4.16. The van der Waals surface area contributed by atoms with Gasteiger partial charge in [-0.15, -0.1) is 13.2 Å². The lowest BCUT2D eigenvalue weighted by molar-refractivity contribution is -0.274. The average Bonchev–Trinajstić information content (AvgIpc) is 3.44. The predicted molar refractivity (Wildman–Crippen MR) is 136 cm³/mol. The first kappa shape index (κ1) is 23.9. The van der Waals surface area contributed by atoms with E-state index in [1.165, 1.54) is 12.1 Å². The molecule has 2 aliphatic heterocycles. The molecule has 2 aliphatic rings. The minimum absolute atomic E-state index is 0.236. The Kier molecular flexibility index (Phi) is 5.75. The number of aromatic nitrogens is 4. The highest BCUT2D eigenvalue weighted by Crippen LogP contribution is 2.37. The van der Waals surface area contributed by atoms with Crippen molar-refractivity contribution < 1.29 is 22.7 Å². The van der Waals surface area contributed by atoms with Gasteiger partial charge in [0.05, 0.1) is 5.52 Å². The molecule has 0 atom stereocenters. The molecule has 2 aromatic heterocycles. The summed E-state index contributed by atoms with van der Waals surface area (Å²) >= 11 is 0. The van der Waals surface area contributed by atoms with Crippen LogP contribution >= 0.6 is 0 Å². The van der Waals surface area contributed by atoms with Crippen LogP contribution in [0.5, 0.6) is 5.75 Å². The van der Waals surface area contributed by atoms with E-state index in [4.69, 9.17) is 0 Å². The van der Waals surface area contributed by atoms with E-state index in [0.29, 0.717) is 28.5 Å². The number of H-pyrrole nitrogens is 1. The number of piperazine rings is 1. The van der Waals surface area contributed by atoms with Crippen molar-refractivity contribution in [3.05, 3.63) is 59.9 Å². The van der Waals surface area contributed by atoms with Gasteiger partial charge in [0, 0.05) is 66.3 Å². The minimum atomic E-state index is -4.83. The molecule has 12 heteroatoms. The molecule has 0 aliphatic carbocycles. The molecule has 9 nitrogen and oxygen atoms in total. The number of hydrogen-bond acceptors (Lipinski definition) is 7.